The fourth-order valence-corrected chi connectivity index (χ4v) is 1.76. The summed E-state index contributed by atoms with van der Waals surface area (Å²) in [6.45, 7) is 5.81. The van der Waals surface area contributed by atoms with Crippen molar-refractivity contribution in [3.63, 3.8) is 0 Å². The van der Waals surface area contributed by atoms with Crippen LogP contribution in [0.2, 0.25) is 0 Å². The maximum Gasteiger partial charge on any atom is 0.208 e. The highest BCUT2D eigenvalue weighted by atomic mass is 32.2. The molecule has 0 aromatic carbocycles. The van der Waals surface area contributed by atoms with Crippen LogP contribution in [0.4, 0.5) is 0 Å². The molecule has 78 valence electrons. The number of aromatic nitrogens is 3. The van der Waals surface area contributed by atoms with Gasteiger partial charge in [-0.2, -0.15) is 0 Å². The van der Waals surface area contributed by atoms with Crippen LogP contribution in [0.3, 0.4) is 0 Å². The highest BCUT2D eigenvalue weighted by Crippen LogP contribution is 2.15. The van der Waals surface area contributed by atoms with E-state index in [0.717, 1.165) is 12.2 Å². The Morgan fingerprint density at radius 2 is 2.36 bits per heavy atom. The third kappa shape index (κ3) is 3.14. The summed E-state index contributed by atoms with van der Waals surface area (Å²) in [6, 6.07) is 0. The summed E-state index contributed by atoms with van der Waals surface area (Å²) in [5, 5.41) is 7.34. The van der Waals surface area contributed by atoms with Crippen LogP contribution in [-0.2, 0) is 4.79 Å². The number of hydrogen-bond donors (Lipinski definition) is 1. The molecule has 1 aromatic heterocycles. The molecule has 1 aromatic rings. The monoisotopic (exact) mass is 213 g/mol. The van der Waals surface area contributed by atoms with Crippen LogP contribution < -0.4 is 0 Å². The minimum Gasteiger partial charge on any atom is -0.298 e. The number of aromatic amines is 1. The molecule has 0 bridgehead atoms. The van der Waals surface area contributed by atoms with Crippen molar-refractivity contribution in [2.24, 2.45) is 5.92 Å². The minimum atomic E-state index is 0.141. The summed E-state index contributed by atoms with van der Waals surface area (Å²) in [5.41, 5.74) is 0. The molecule has 1 N–H and O–H groups in total. The number of aryl methyl sites for hydroxylation is 1. The van der Waals surface area contributed by atoms with Gasteiger partial charge in [0.25, 0.3) is 0 Å². The number of carbonyl (C=O) groups is 1. The van der Waals surface area contributed by atoms with Gasteiger partial charge < -0.3 is 0 Å². The molecule has 1 atom stereocenters. The number of thioether (sulfide) groups is 1. The zero-order valence-corrected chi connectivity index (χ0v) is 9.52. The van der Waals surface area contributed by atoms with E-state index < -0.39 is 0 Å². The van der Waals surface area contributed by atoms with Crippen molar-refractivity contribution in [2.75, 3.05) is 5.75 Å². The van der Waals surface area contributed by atoms with E-state index in [1.54, 1.807) is 0 Å². The summed E-state index contributed by atoms with van der Waals surface area (Å²) in [7, 11) is 0. The Morgan fingerprint density at radius 1 is 1.64 bits per heavy atom. The maximum absolute atomic E-state index is 11.5. The first-order valence-electron chi connectivity index (χ1n) is 4.68. The zero-order chi connectivity index (χ0) is 10.6. The Bertz CT molecular complexity index is 311. The predicted octanol–water partition coefficient (Wildman–Crippen LogP) is 1.82. The first kappa shape index (κ1) is 11.2. The molecule has 0 amide bonds. The molecule has 0 aliphatic carbocycles. The number of rotatable bonds is 5. The fourth-order valence-electron chi connectivity index (χ4n) is 0.892. The SMILES string of the molecule is CCC(C)C(=O)CSc1n[nH]c(C)n1. The van der Waals surface area contributed by atoms with Crippen molar-refractivity contribution in [3.05, 3.63) is 5.82 Å². The Balaban J connectivity index is 2.37. The van der Waals surface area contributed by atoms with Gasteiger partial charge in [-0.05, 0) is 13.3 Å². The molecule has 0 saturated heterocycles. The van der Waals surface area contributed by atoms with Gasteiger partial charge in [0.15, 0.2) is 0 Å². The van der Waals surface area contributed by atoms with E-state index in [-0.39, 0.29) is 11.7 Å². The van der Waals surface area contributed by atoms with Gasteiger partial charge in [0.2, 0.25) is 5.16 Å². The first-order chi connectivity index (χ1) is 6.63. The lowest BCUT2D eigenvalue weighted by molar-refractivity contribution is -0.119. The van der Waals surface area contributed by atoms with Crippen molar-refractivity contribution in [1.29, 1.82) is 0 Å². The predicted molar refractivity (Wildman–Crippen MR) is 56.3 cm³/mol. The van der Waals surface area contributed by atoms with Crippen molar-refractivity contribution >= 4 is 17.5 Å². The van der Waals surface area contributed by atoms with Crippen molar-refractivity contribution < 1.29 is 4.79 Å². The third-order valence-corrected chi connectivity index (χ3v) is 2.95. The second kappa shape index (κ2) is 5.14. The number of nitrogens with one attached hydrogen (secondary N) is 1. The Labute approximate surface area is 87.9 Å². The van der Waals surface area contributed by atoms with Crippen LogP contribution in [0.5, 0.6) is 0 Å². The van der Waals surface area contributed by atoms with Gasteiger partial charge in [0.05, 0.1) is 5.75 Å². The van der Waals surface area contributed by atoms with E-state index in [1.165, 1.54) is 11.8 Å². The quantitative estimate of drug-likeness (QED) is 0.758. The number of hydrogen-bond acceptors (Lipinski definition) is 4. The largest absolute Gasteiger partial charge is 0.298 e. The molecule has 5 heteroatoms. The van der Waals surface area contributed by atoms with E-state index in [4.69, 9.17) is 0 Å². The lowest BCUT2D eigenvalue weighted by Gasteiger charge is -2.04. The zero-order valence-electron chi connectivity index (χ0n) is 8.70. The topological polar surface area (TPSA) is 58.6 Å². The van der Waals surface area contributed by atoms with E-state index >= 15 is 0 Å². The third-order valence-electron chi connectivity index (χ3n) is 2.08. The second-order valence-electron chi connectivity index (χ2n) is 3.27. The number of carbonyl (C=O) groups excluding carboxylic acids is 1. The number of Topliss-reactive ketones (excluding diaryl/α,β-unsaturated/α-hetero) is 1. The van der Waals surface area contributed by atoms with Crippen LogP contribution in [0, 0.1) is 12.8 Å². The molecule has 0 spiro atoms. The van der Waals surface area contributed by atoms with E-state index in [9.17, 15) is 4.79 Å². The molecule has 0 aliphatic heterocycles. The molecule has 4 nitrogen and oxygen atoms in total. The molecular weight excluding hydrogens is 198 g/mol. The minimum absolute atomic E-state index is 0.141. The Morgan fingerprint density at radius 3 is 2.86 bits per heavy atom. The van der Waals surface area contributed by atoms with Gasteiger partial charge in [0, 0.05) is 5.92 Å². The van der Waals surface area contributed by atoms with Crippen LogP contribution in [0.1, 0.15) is 26.1 Å². The summed E-state index contributed by atoms with van der Waals surface area (Å²) in [6.07, 6.45) is 0.895. The van der Waals surface area contributed by atoms with Crippen molar-refractivity contribution in [3.8, 4) is 0 Å². The molecule has 1 heterocycles. The molecule has 0 radical (unpaired) electrons. The molecule has 1 unspecified atom stereocenters. The van der Waals surface area contributed by atoms with E-state index in [0.29, 0.717) is 10.9 Å². The molecule has 1 rings (SSSR count). The van der Waals surface area contributed by atoms with Gasteiger partial charge in [-0.25, -0.2) is 4.98 Å². The summed E-state index contributed by atoms with van der Waals surface area (Å²) >= 11 is 1.39. The van der Waals surface area contributed by atoms with Crippen molar-refractivity contribution in [2.45, 2.75) is 32.3 Å². The lowest BCUT2D eigenvalue weighted by Crippen LogP contribution is -2.12. The highest BCUT2D eigenvalue weighted by Gasteiger charge is 2.12. The van der Waals surface area contributed by atoms with Gasteiger partial charge in [-0.1, -0.05) is 25.6 Å². The van der Waals surface area contributed by atoms with Crippen LogP contribution in [0.25, 0.3) is 0 Å². The van der Waals surface area contributed by atoms with Gasteiger partial charge in [-0.15, -0.1) is 5.10 Å². The second-order valence-corrected chi connectivity index (χ2v) is 4.21. The first-order valence-corrected chi connectivity index (χ1v) is 5.66. The van der Waals surface area contributed by atoms with E-state index in [2.05, 4.69) is 15.2 Å². The van der Waals surface area contributed by atoms with Gasteiger partial charge in [0.1, 0.15) is 11.6 Å². The number of H-pyrrole nitrogens is 1. The average Bonchev–Trinajstić information content (AvgIpc) is 2.59. The lowest BCUT2D eigenvalue weighted by atomic mass is 10.1. The molecule has 0 aliphatic rings. The van der Waals surface area contributed by atoms with Crippen LogP contribution >= 0.6 is 11.8 Å². The maximum atomic E-state index is 11.5. The highest BCUT2D eigenvalue weighted by molar-refractivity contribution is 7.99. The molecule has 0 saturated carbocycles. The normalized spacial score (nSPS) is 12.8. The fraction of sp³-hybridized carbons (Fsp3) is 0.667. The molecular formula is C9H15N3OS. The number of ketones is 1. The van der Waals surface area contributed by atoms with Gasteiger partial charge in [-0.3, -0.25) is 9.89 Å². The average molecular weight is 213 g/mol. The molecule has 14 heavy (non-hydrogen) atoms. The summed E-state index contributed by atoms with van der Waals surface area (Å²) in [4.78, 5) is 15.6. The van der Waals surface area contributed by atoms with Crippen LogP contribution in [-0.4, -0.2) is 26.7 Å². The van der Waals surface area contributed by atoms with Crippen LogP contribution in [0.15, 0.2) is 5.16 Å². The van der Waals surface area contributed by atoms with E-state index in [1.807, 2.05) is 20.8 Å². The van der Waals surface area contributed by atoms with Gasteiger partial charge >= 0.3 is 0 Å². The molecule has 0 fully saturated rings. The standard InChI is InChI=1S/C9H15N3OS/c1-4-6(2)8(13)5-14-9-10-7(3)11-12-9/h6H,4-5H2,1-3H3,(H,10,11,12). The Hall–Kier alpha value is -0.840. The number of nitrogens with zero attached hydrogens (tertiary/aromatic N) is 2. The Kier molecular flexibility index (Phi) is 4.13. The smallest absolute Gasteiger partial charge is 0.208 e. The summed E-state index contributed by atoms with van der Waals surface area (Å²) in [5.74, 6) is 1.65. The van der Waals surface area contributed by atoms with Crippen molar-refractivity contribution in [1.82, 2.24) is 15.2 Å². The summed E-state index contributed by atoms with van der Waals surface area (Å²) < 4.78 is 0.